The van der Waals surface area contributed by atoms with E-state index in [0.29, 0.717) is 0 Å². The Kier molecular flexibility index (Phi) is 6.17. The minimum atomic E-state index is 0.891. The van der Waals surface area contributed by atoms with Crippen LogP contribution in [0.5, 0.6) is 0 Å². The molecule has 9 aromatic rings. The first-order valence-corrected chi connectivity index (χ1v) is 15.7. The van der Waals surface area contributed by atoms with Crippen molar-refractivity contribution in [2.24, 2.45) is 0 Å². The summed E-state index contributed by atoms with van der Waals surface area (Å²) in [6.45, 7) is 0. The van der Waals surface area contributed by atoms with E-state index in [1.807, 2.05) is 6.07 Å². The zero-order valence-corrected chi connectivity index (χ0v) is 25.1. The highest BCUT2D eigenvalue weighted by molar-refractivity contribution is 6.20. The molecule has 0 atom stereocenters. The van der Waals surface area contributed by atoms with Crippen LogP contribution in [-0.4, -0.2) is 0 Å². The number of hydrogen-bond acceptors (Lipinski definition) is 2. The summed E-state index contributed by atoms with van der Waals surface area (Å²) in [5, 5.41) is 7.04. The van der Waals surface area contributed by atoms with Gasteiger partial charge in [-0.2, -0.15) is 0 Å². The summed E-state index contributed by atoms with van der Waals surface area (Å²) in [7, 11) is 0. The van der Waals surface area contributed by atoms with Crippen LogP contribution in [0.2, 0.25) is 0 Å². The van der Waals surface area contributed by atoms with Gasteiger partial charge in [-0.25, -0.2) is 0 Å². The lowest BCUT2D eigenvalue weighted by atomic mass is 9.96. The number of fused-ring (bicyclic) bond motifs is 6. The largest absolute Gasteiger partial charge is 0.456 e. The number of anilines is 3. The standard InChI is InChI=1S/C44H29NO/c1-3-12-30(13-4-1)32-22-24-35(25-23-32)45(36-18-11-17-33(26-36)31-14-5-2-6-15-31)42-27-34-16-7-8-19-37(34)39-28-41-38-20-9-10-21-43(38)46-44(41)29-40(39)42/h1-29H. The van der Waals surface area contributed by atoms with Gasteiger partial charge < -0.3 is 9.32 Å². The molecular formula is C44H29NO. The normalized spacial score (nSPS) is 11.5. The van der Waals surface area contributed by atoms with E-state index in [4.69, 9.17) is 4.42 Å². The molecule has 0 bridgehead atoms. The van der Waals surface area contributed by atoms with Gasteiger partial charge in [-0.1, -0.05) is 127 Å². The maximum absolute atomic E-state index is 6.44. The zero-order valence-electron chi connectivity index (χ0n) is 25.1. The van der Waals surface area contributed by atoms with Crippen molar-refractivity contribution in [3.05, 3.63) is 176 Å². The van der Waals surface area contributed by atoms with Gasteiger partial charge in [0.05, 0.1) is 5.69 Å². The lowest BCUT2D eigenvalue weighted by Gasteiger charge is -2.28. The molecule has 0 unspecified atom stereocenters. The van der Waals surface area contributed by atoms with Gasteiger partial charge in [0, 0.05) is 27.5 Å². The van der Waals surface area contributed by atoms with Gasteiger partial charge in [0.2, 0.25) is 0 Å². The second-order valence-electron chi connectivity index (χ2n) is 11.8. The van der Waals surface area contributed by atoms with Crippen LogP contribution in [0.1, 0.15) is 0 Å². The summed E-state index contributed by atoms with van der Waals surface area (Å²) in [5.74, 6) is 0. The topological polar surface area (TPSA) is 16.4 Å². The van der Waals surface area contributed by atoms with Crippen LogP contribution in [0.15, 0.2) is 180 Å². The second-order valence-corrected chi connectivity index (χ2v) is 11.8. The minimum absolute atomic E-state index is 0.891. The number of nitrogens with zero attached hydrogens (tertiary/aromatic N) is 1. The molecule has 2 nitrogen and oxygen atoms in total. The average Bonchev–Trinajstić information content (AvgIpc) is 3.50. The van der Waals surface area contributed by atoms with Gasteiger partial charge in [0.15, 0.2) is 0 Å². The van der Waals surface area contributed by atoms with Crippen molar-refractivity contribution in [1.29, 1.82) is 0 Å². The van der Waals surface area contributed by atoms with Gasteiger partial charge in [-0.3, -0.25) is 0 Å². The Balaban J connectivity index is 1.33. The SMILES string of the molecule is c1ccc(-c2ccc(N(c3cccc(-c4ccccc4)c3)c3cc4ccccc4c4cc5c(cc34)oc3ccccc35)cc2)cc1. The van der Waals surface area contributed by atoms with Crippen LogP contribution in [0.4, 0.5) is 17.1 Å². The van der Waals surface area contributed by atoms with Crippen LogP contribution in [0, 0.1) is 0 Å². The molecule has 0 aliphatic carbocycles. The van der Waals surface area contributed by atoms with Crippen molar-refractivity contribution < 1.29 is 4.42 Å². The second kappa shape index (κ2) is 10.8. The Labute approximate surface area is 267 Å². The maximum atomic E-state index is 6.44. The molecule has 0 saturated heterocycles. The molecule has 0 radical (unpaired) electrons. The highest BCUT2D eigenvalue weighted by atomic mass is 16.3. The van der Waals surface area contributed by atoms with E-state index < -0.39 is 0 Å². The van der Waals surface area contributed by atoms with E-state index >= 15 is 0 Å². The number of rotatable bonds is 5. The van der Waals surface area contributed by atoms with E-state index in [1.54, 1.807) is 0 Å². The molecule has 0 fully saturated rings. The third-order valence-corrected chi connectivity index (χ3v) is 9.02. The zero-order chi connectivity index (χ0) is 30.5. The van der Waals surface area contributed by atoms with E-state index in [2.05, 4.69) is 175 Å². The van der Waals surface area contributed by atoms with Crippen molar-refractivity contribution in [2.45, 2.75) is 0 Å². The molecule has 0 aliphatic rings. The molecular weight excluding hydrogens is 558 g/mol. The molecule has 1 aromatic heterocycles. The Morgan fingerprint density at radius 2 is 0.957 bits per heavy atom. The molecule has 0 saturated carbocycles. The van der Waals surface area contributed by atoms with Crippen molar-refractivity contribution in [2.75, 3.05) is 4.90 Å². The molecule has 8 aromatic carbocycles. The minimum Gasteiger partial charge on any atom is -0.456 e. The fourth-order valence-electron chi connectivity index (χ4n) is 6.80. The molecule has 2 heteroatoms. The van der Waals surface area contributed by atoms with Gasteiger partial charge in [0.1, 0.15) is 11.2 Å². The lowest BCUT2D eigenvalue weighted by molar-refractivity contribution is 0.669. The summed E-state index contributed by atoms with van der Waals surface area (Å²) >= 11 is 0. The molecule has 0 N–H and O–H groups in total. The summed E-state index contributed by atoms with van der Waals surface area (Å²) in [4.78, 5) is 2.39. The highest BCUT2D eigenvalue weighted by Gasteiger charge is 2.20. The van der Waals surface area contributed by atoms with E-state index in [0.717, 1.165) is 44.4 Å². The van der Waals surface area contributed by atoms with E-state index in [1.165, 1.54) is 38.4 Å². The molecule has 0 spiro atoms. The third kappa shape index (κ3) is 4.43. The quantitative estimate of drug-likeness (QED) is 0.186. The van der Waals surface area contributed by atoms with Crippen LogP contribution >= 0.6 is 0 Å². The third-order valence-electron chi connectivity index (χ3n) is 9.02. The van der Waals surface area contributed by atoms with Gasteiger partial charge in [-0.05, 0) is 86.9 Å². The lowest BCUT2D eigenvalue weighted by Crippen LogP contribution is -2.11. The van der Waals surface area contributed by atoms with Crippen molar-refractivity contribution in [1.82, 2.24) is 0 Å². The molecule has 0 aliphatic heterocycles. The predicted molar refractivity (Wildman–Crippen MR) is 194 cm³/mol. The molecule has 0 amide bonds. The summed E-state index contributed by atoms with van der Waals surface area (Å²) < 4.78 is 6.44. The average molecular weight is 588 g/mol. The fraction of sp³-hybridized carbons (Fsp3) is 0. The van der Waals surface area contributed by atoms with Gasteiger partial charge in [-0.15, -0.1) is 0 Å². The Bertz CT molecular complexity index is 2510. The van der Waals surface area contributed by atoms with Crippen molar-refractivity contribution in [3.8, 4) is 22.3 Å². The Morgan fingerprint density at radius 3 is 1.74 bits per heavy atom. The number of para-hydroxylation sites is 1. The predicted octanol–water partition coefficient (Wildman–Crippen LogP) is 12.7. The first-order chi connectivity index (χ1) is 22.8. The van der Waals surface area contributed by atoms with Gasteiger partial charge >= 0.3 is 0 Å². The highest BCUT2D eigenvalue weighted by Crippen LogP contribution is 2.45. The first-order valence-electron chi connectivity index (χ1n) is 15.7. The number of furan rings is 1. The van der Waals surface area contributed by atoms with E-state index in [9.17, 15) is 0 Å². The Morgan fingerprint density at radius 1 is 0.326 bits per heavy atom. The molecule has 9 rings (SSSR count). The van der Waals surface area contributed by atoms with Gasteiger partial charge in [0.25, 0.3) is 0 Å². The molecule has 1 heterocycles. The summed E-state index contributed by atoms with van der Waals surface area (Å²) in [6.07, 6.45) is 0. The fourth-order valence-corrected chi connectivity index (χ4v) is 6.80. The van der Waals surface area contributed by atoms with Crippen LogP contribution in [0.25, 0.3) is 65.7 Å². The van der Waals surface area contributed by atoms with Crippen LogP contribution < -0.4 is 4.90 Å². The molecule has 216 valence electrons. The molecule has 46 heavy (non-hydrogen) atoms. The number of benzene rings is 8. The van der Waals surface area contributed by atoms with Crippen molar-refractivity contribution in [3.63, 3.8) is 0 Å². The monoisotopic (exact) mass is 587 g/mol. The number of hydrogen-bond donors (Lipinski definition) is 0. The summed E-state index contributed by atoms with van der Waals surface area (Å²) in [6, 6.07) is 62.8. The summed E-state index contributed by atoms with van der Waals surface area (Å²) in [5.41, 5.74) is 9.84. The van der Waals surface area contributed by atoms with Crippen LogP contribution in [0.3, 0.4) is 0 Å². The maximum Gasteiger partial charge on any atom is 0.136 e. The Hall–Kier alpha value is -6.12. The van der Waals surface area contributed by atoms with Crippen LogP contribution in [-0.2, 0) is 0 Å². The van der Waals surface area contributed by atoms with E-state index in [-0.39, 0.29) is 0 Å². The van der Waals surface area contributed by atoms with Crippen molar-refractivity contribution >= 4 is 60.5 Å². The smallest absolute Gasteiger partial charge is 0.136 e. The first kappa shape index (κ1) is 26.3.